The molecule has 5 saturated carbocycles. The molecule has 0 bridgehead atoms. The third kappa shape index (κ3) is 0.492. The monoisotopic (exact) mass is 202 g/mol. The zero-order chi connectivity index (χ0) is 10.4. The van der Waals surface area contributed by atoms with E-state index in [1.165, 1.54) is 23.7 Å². The zero-order valence-electron chi connectivity index (χ0n) is 10.4. The molecule has 0 saturated heterocycles. The topological polar surface area (TPSA) is 0 Å². The van der Waals surface area contributed by atoms with E-state index < -0.39 is 0 Å². The zero-order valence-corrected chi connectivity index (χ0v) is 10.4. The summed E-state index contributed by atoms with van der Waals surface area (Å²) >= 11 is 0. The molecule has 0 amide bonds. The van der Waals surface area contributed by atoms with Gasteiger partial charge in [-0.25, -0.2) is 0 Å². The van der Waals surface area contributed by atoms with E-state index >= 15 is 0 Å². The Morgan fingerprint density at radius 2 is 1.67 bits per heavy atom. The van der Waals surface area contributed by atoms with E-state index in [1.54, 1.807) is 12.8 Å². The van der Waals surface area contributed by atoms with Gasteiger partial charge in [-0.3, -0.25) is 0 Å². The van der Waals surface area contributed by atoms with Crippen LogP contribution >= 0.6 is 0 Å². The summed E-state index contributed by atoms with van der Waals surface area (Å²) in [5.41, 5.74) is 2.31. The summed E-state index contributed by atoms with van der Waals surface area (Å²) in [6.45, 7) is 10.2. The third-order valence-electron chi connectivity index (χ3n) is 7.74. The predicted molar refractivity (Wildman–Crippen MR) is 60.2 cm³/mol. The molecular formula is C15H22. The molecular weight excluding hydrogens is 180 g/mol. The van der Waals surface area contributed by atoms with Gasteiger partial charge in [0.2, 0.25) is 0 Å². The van der Waals surface area contributed by atoms with Crippen LogP contribution in [0.1, 0.15) is 40.5 Å². The van der Waals surface area contributed by atoms with Gasteiger partial charge in [-0.15, -0.1) is 0 Å². The van der Waals surface area contributed by atoms with Crippen molar-refractivity contribution >= 4 is 0 Å². The number of hydrogen-bond acceptors (Lipinski definition) is 0. The summed E-state index contributed by atoms with van der Waals surface area (Å²) in [6.07, 6.45) is 3.17. The molecule has 0 aromatic rings. The molecule has 82 valence electrons. The van der Waals surface area contributed by atoms with E-state index in [1.807, 2.05) is 0 Å². The smallest absolute Gasteiger partial charge is 0.0142 e. The molecule has 0 N–H and O–H groups in total. The first-order valence-electron chi connectivity index (χ1n) is 6.94. The maximum Gasteiger partial charge on any atom is -0.0142 e. The maximum absolute atomic E-state index is 2.59. The summed E-state index contributed by atoms with van der Waals surface area (Å²) in [4.78, 5) is 0. The van der Waals surface area contributed by atoms with Gasteiger partial charge in [0, 0.05) is 0 Å². The van der Waals surface area contributed by atoms with E-state index in [-0.39, 0.29) is 0 Å². The molecule has 7 atom stereocenters. The van der Waals surface area contributed by atoms with Crippen molar-refractivity contribution in [1.82, 2.24) is 0 Å². The van der Waals surface area contributed by atoms with E-state index in [2.05, 4.69) is 27.7 Å². The average Bonchev–Trinajstić information content (AvgIpc) is 2.85. The van der Waals surface area contributed by atoms with Gasteiger partial charge in [0.1, 0.15) is 0 Å². The van der Waals surface area contributed by atoms with E-state index in [0.717, 1.165) is 22.7 Å². The van der Waals surface area contributed by atoms with Gasteiger partial charge in [-0.1, -0.05) is 27.7 Å². The molecule has 6 unspecified atom stereocenters. The molecule has 5 fully saturated rings. The molecule has 0 heteroatoms. The second-order valence-electron chi connectivity index (χ2n) is 8.55. The van der Waals surface area contributed by atoms with E-state index in [0.29, 0.717) is 5.41 Å². The molecule has 0 nitrogen and oxygen atoms in total. The van der Waals surface area contributed by atoms with Gasteiger partial charge in [-0.2, -0.15) is 0 Å². The van der Waals surface area contributed by atoms with Gasteiger partial charge in [0.05, 0.1) is 0 Å². The highest BCUT2D eigenvalue weighted by Gasteiger charge is 2.96. The van der Waals surface area contributed by atoms with Crippen LogP contribution in [0.5, 0.6) is 0 Å². The van der Waals surface area contributed by atoms with Crippen LogP contribution in [0.15, 0.2) is 0 Å². The summed E-state index contributed by atoms with van der Waals surface area (Å²) in [5, 5.41) is 0. The fourth-order valence-corrected chi connectivity index (χ4v) is 7.62. The predicted octanol–water partition coefficient (Wildman–Crippen LogP) is 3.57. The van der Waals surface area contributed by atoms with Crippen LogP contribution in [0.4, 0.5) is 0 Å². The molecule has 0 aromatic heterocycles. The van der Waals surface area contributed by atoms with Crippen molar-refractivity contribution < 1.29 is 0 Å². The SMILES string of the molecule is CC1(C)CC2C1C1C(C)(C)C13C1CC1[C@H]23. The minimum absolute atomic E-state index is 0.694. The lowest BCUT2D eigenvalue weighted by Gasteiger charge is -2.56. The number of hydrogen-bond donors (Lipinski definition) is 0. The molecule has 15 heavy (non-hydrogen) atoms. The minimum atomic E-state index is 0.694. The Labute approximate surface area is 92.8 Å². The van der Waals surface area contributed by atoms with Crippen molar-refractivity contribution in [3.63, 3.8) is 0 Å². The molecule has 0 aliphatic heterocycles. The fraction of sp³-hybridized carbons (Fsp3) is 1.00. The normalized spacial score (nSPS) is 72.8. The first-order chi connectivity index (χ1) is 6.94. The van der Waals surface area contributed by atoms with Crippen LogP contribution in [0.25, 0.3) is 0 Å². The molecule has 5 rings (SSSR count). The van der Waals surface area contributed by atoms with E-state index in [4.69, 9.17) is 0 Å². The van der Waals surface area contributed by atoms with Crippen molar-refractivity contribution in [2.75, 3.05) is 0 Å². The van der Waals surface area contributed by atoms with Crippen molar-refractivity contribution in [1.29, 1.82) is 0 Å². The molecule has 0 heterocycles. The molecule has 5 aliphatic rings. The van der Waals surface area contributed by atoms with Crippen LogP contribution in [0, 0.1) is 51.8 Å². The summed E-state index contributed by atoms with van der Waals surface area (Å²) in [7, 11) is 0. The minimum Gasteiger partial charge on any atom is -0.0596 e. The van der Waals surface area contributed by atoms with Gasteiger partial charge in [0.25, 0.3) is 0 Å². The van der Waals surface area contributed by atoms with Crippen molar-refractivity contribution in [2.24, 2.45) is 51.8 Å². The lowest BCUT2D eigenvalue weighted by atomic mass is 9.49. The Morgan fingerprint density at radius 3 is 2.33 bits per heavy atom. The Balaban J connectivity index is 1.67. The van der Waals surface area contributed by atoms with Gasteiger partial charge < -0.3 is 0 Å². The van der Waals surface area contributed by atoms with Gasteiger partial charge in [0.15, 0.2) is 0 Å². The van der Waals surface area contributed by atoms with Crippen LogP contribution in [0.2, 0.25) is 0 Å². The maximum atomic E-state index is 2.59. The highest BCUT2D eigenvalue weighted by molar-refractivity contribution is 5.43. The van der Waals surface area contributed by atoms with Crippen molar-refractivity contribution in [3.8, 4) is 0 Å². The molecule has 1 spiro atoms. The third-order valence-corrected chi connectivity index (χ3v) is 7.74. The van der Waals surface area contributed by atoms with Crippen molar-refractivity contribution in [3.05, 3.63) is 0 Å². The van der Waals surface area contributed by atoms with Crippen LogP contribution in [-0.2, 0) is 0 Å². The van der Waals surface area contributed by atoms with Crippen molar-refractivity contribution in [2.45, 2.75) is 40.5 Å². The summed E-state index contributed by atoms with van der Waals surface area (Å²) in [6, 6.07) is 0. The molecule has 0 radical (unpaired) electrons. The van der Waals surface area contributed by atoms with Gasteiger partial charge >= 0.3 is 0 Å². The molecule has 5 aliphatic carbocycles. The highest BCUT2D eigenvalue weighted by Crippen LogP contribution is 3.00. The number of rotatable bonds is 0. The largest absolute Gasteiger partial charge is 0.0596 e. The fourth-order valence-electron chi connectivity index (χ4n) is 7.62. The second-order valence-corrected chi connectivity index (χ2v) is 8.55. The Hall–Kier alpha value is 0. The Bertz CT molecular complexity index is 391. The first kappa shape index (κ1) is 8.14. The van der Waals surface area contributed by atoms with Crippen LogP contribution in [0.3, 0.4) is 0 Å². The standard InChI is InChI=1S/C15H22/c1-13(2)6-8-10-7-5-9(7)15(10)12(11(8)13)14(15,3)4/h7-12H,5-6H2,1-4H3/t7?,8?,9?,10-,11?,12?,15?/m1/s1. The summed E-state index contributed by atoms with van der Waals surface area (Å²) in [5.74, 6) is 7.02. The lowest BCUT2D eigenvalue weighted by Crippen LogP contribution is -2.50. The summed E-state index contributed by atoms with van der Waals surface area (Å²) < 4.78 is 0. The molecule has 0 aromatic carbocycles. The second kappa shape index (κ2) is 1.64. The quantitative estimate of drug-likeness (QED) is 0.563. The number of fused-ring (bicyclic) bond motifs is 5. The average molecular weight is 202 g/mol. The first-order valence-corrected chi connectivity index (χ1v) is 6.94. The Morgan fingerprint density at radius 1 is 0.933 bits per heavy atom. The van der Waals surface area contributed by atoms with Crippen LogP contribution < -0.4 is 0 Å². The highest BCUT2D eigenvalue weighted by atomic mass is 15.0. The van der Waals surface area contributed by atoms with Gasteiger partial charge in [-0.05, 0) is 64.6 Å². The van der Waals surface area contributed by atoms with E-state index in [9.17, 15) is 0 Å². The van der Waals surface area contributed by atoms with Crippen LogP contribution in [-0.4, -0.2) is 0 Å². The Kier molecular flexibility index (Phi) is 0.890. The lowest BCUT2D eigenvalue weighted by molar-refractivity contribution is -0.0774.